The van der Waals surface area contributed by atoms with Crippen LogP contribution in [0.25, 0.3) is 11.4 Å². The molecule has 170 valence electrons. The first kappa shape index (κ1) is 21.3. The van der Waals surface area contributed by atoms with Gasteiger partial charge in [-0.05, 0) is 25.1 Å². The Morgan fingerprint density at radius 2 is 1.94 bits per heavy atom. The van der Waals surface area contributed by atoms with Crippen molar-refractivity contribution in [2.24, 2.45) is 0 Å². The maximum Gasteiger partial charge on any atom is 0.181 e. The normalized spacial score (nSPS) is 16.8. The lowest BCUT2D eigenvalue weighted by Gasteiger charge is -2.42. The zero-order valence-electron chi connectivity index (χ0n) is 17.9. The average molecular weight is 452 g/mol. The van der Waals surface area contributed by atoms with Crippen molar-refractivity contribution in [3.05, 3.63) is 78.4 Å². The molecule has 33 heavy (non-hydrogen) atoms. The smallest absolute Gasteiger partial charge is 0.181 e. The highest BCUT2D eigenvalue weighted by Gasteiger charge is 2.43. The fourth-order valence-electron chi connectivity index (χ4n) is 4.25. The maximum absolute atomic E-state index is 14.8. The molecule has 4 heterocycles. The molecule has 0 bridgehead atoms. The molecule has 3 aromatic heterocycles. The summed E-state index contributed by atoms with van der Waals surface area (Å²) in [6, 6.07) is 6.34. The van der Waals surface area contributed by atoms with Gasteiger partial charge in [0, 0.05) is 42.2 Å². The van der Waals surface area contributed by atoms with Crippen molar-refractivity contribution >= 4 is 0 Å². The van der Waals surface area contributed by atoms with Gasteiger partial charge in [-0.25, -0.2) is 28.1 Å². The van der Waals surface area contributed by atoms with Crippen LogP contribution in [0.4, 0.5) is 8.78 Å². The molecule has 0 spiro atoms. The van der Waals surface area contributed by atoms with Gasteiger partial charge in [-0.15, -0.1) is 0 Å². The van der Waals surface area contributed by atoms with E-state index in [9.17, 15) is 13.9 Å². The fourth-order valence-corrected chi connectivity index (χ4v) is 4.25. The topological polar surface area (TPSA) is 97.8 Å². The van der Waals surface area contributed by atoms with Gasteiger partial charge in [0.05, 0.1) is 19.6 Å². The molecular formula is C22H22F2N8O. The van der Waals surface area contributed by atoms with Gasteiger partial charge >= 0.3 is 0 Å². The quantitative estimate of drug-likeness (QED) is 0.478. The number of hydrogen-bond donors (Lipinski definition) is 1. The molecule has 5 rings (SSSR count). The van der Waals surface area contributed by atoms with Crippen molar-refractivity contribution in [1.82, 2.24) is 39.4 Å². The van der Waals surface area contributed by atoms with Crippen molar-refractivity contribution in [3.63, 3.8) is 0 Å². The monoisotopic (exact) mass is 452 g/mol. The van der Waals surface area contributed by atoms with E-state index in [-0.39, 0.29) is 12.1 Å². The first-order valence-corrected chi connectivity index (χ1v) is 10.5. The van der Waals surface area contributed by atoms with Crippen LogP contribution in [-0.2, 0) is 25.2 Å². The second-order valence-electron chi connectivity index (χ2n) is 8.10. The van der Waals surface area contributed by atoms with Crippen molar-refractivity contribution in [2.75, 3.05) is 6.54 Å². The first-order valence-electron chi connectivity index (χ1n) is 10.5. The Labute approximate surface area is 188 Å². The number of aliphatic hydroxyl groups is 1. The van der Waals surface area contributed by atoms with Crippen LogP contribution in [0.1, 0.15) is 18.3 Å². The van der Waals surface area contributed by atoms with Crippen molar-refractivity contribution in [1.29, 1.82) is 0 Å². The molecule has 9 nitrogen and oxygen atoms in total. The highest BCUT2D eigenvalue weighted by atomic mass is 19.1. The largest absolute Gasteiger partial charge is 0.381 e. The Kier molecular flexibility index (Phi) is 5.43. The zero-order chi connectivity index (χ0) is 23.0. The summed E-state index contributed by atoms with van der Waals surface area (Å²) in [7, 11) is 0. The van der Waals surface area contributed by atoms with Gasteiger partial charge in [0.1, 0.15) is 35.7 Å². The summed E-state index contributed by atoms with van der Waals surface area (Å²) in [4.78, 5) is 14.6. The molecular weight excluding hydrogens is 430 g/mol. The number of nitrogens with zero attached hydrogens (tertiary/aromatic N) is 8. The Hall–Kier alpha value is -3.57. The zero-order valence-corrected chi connectivity index (χ0v) is 17.9. The Morgan fingerprint density at radius 3 is 2.67 bits per heavy atom. The van der Waals surface area contributed by atoms with Crippen LogP contribution >= 0.6 is 0 Å². The van der Waals surface area contributed by atoms with Crippen LogP contribution in [0.5, 0.6) is 0 Å². The minimum absolute atomic E-state index is 0.00332. The molecule has 0 radical (unpaired) electrons. The molecule has 2 atom stereocenters. The number of aromatic nitrogens is 7. The lowest BCUT2D eigenvalue weighted by atomic mass is 9.85. The van der Waals surface area contributed by atoms with E-state index in [4.69, 9.17) is 0 Å². The number of hydrogen-bond acceptors (Lipinski definition) is 7. The van der Waals surface area contributed by atoms with Gasteiger partial charge in [-0.2, -0.15) is 10.2 Å². The number of benzene rings is 1. The van der Waals surface area contributed by atoms with E-state index >= 15 is 0 Å². The van der Waals surface area contributed by atoms with E-state index in [1.54, 1.807) is 12.4 Å². The molecule has 1 aliphatic heterocycles. The highest BCUT2D eigenvalue weighted by Crippen LogP contribution is 2.34. The van der Waals surface area contributed by atoms with Crippen LogP contribution in [0.3, 0.4) is 0 Å². The lowest BCUT2D eigenvalue weighted by molar-refractivity contribution is -0.0714. The van der Waals surface area contributed by atoms with E-state index < -0.39 is 23.3 Å². The molecule has 0 fully saturated rings. The summed E-state index contributed by atoms with van der Waals surface area (Å²) in [5, 5.41) is 20.5. The number of pyridine rings is 1. The lowest BCUT2D eigenvalue weighted by Crippen LogP contribution is -2.53. The third-order valence-electron chi connectivity index (χ3n) is 6.14. The fraction of sp³-hybridized carbons (Fsp3) is 0.318. The molecule has 4 aromatic rings. The van der Waals surface area contributed by atoms with Gasteiger partial charge in [0.15, 0.2) is 5.82 Å². The SMILES string of the molecule is CC(N1CCn2nc(-c3ccncc3)nc2C1)C(O)(Cn1cncn1)c1ccc(F)cc1F. The van der Waals surface area contributed by atoms with Crippen molar-refractivity contribution in [2.45, 2.75) is 38.2 Å². The third kappa shape index (κ3) is 4.00. The predicted molar refractivity (Wildman–Crippen MR) is 113 cm³/mol. The minimum atomic E-state index is -1.71. The summed E-state index contributed by atoms with van der Waals surface area (Å²) in [5.74, 6) is -0.182. The van der Waals surface area contributed by atoms with E-state index in [0.29, 0.717) is 25.5 Å². The Morgan fingerprint density at radius 1 is 1.12 bits per heavy atom. The first-order chi connectivity index (χ1) is 15.9. The summed E-state index contributed by atoms with van der Waals surface area (Å²) < 4.78 is 31.7. The molecule has 1 aromatic carbocycles. The van der Waals surface area contributed by atoms with Gasteiger partial charge < -0.3 is 5.11 Å². The number of halogens is 2. The highest BCUT2D eigenvalue weighted by molar-refractivity contribution is 5.53. The van der Waals surface area contributed by atoms with E-state index in [0.717, 1.165) is 23.5 Å². The summed E-state index contributed by atoms with van der Waals surface area (Å²) in [6.45, 7) is 3.29. The van der Waals surface area contributed by atoms with E-state index in [1.165, 1.54) is 23.4 Å². The number of rotatable bonds is 6. The van der Waals surface area contributed by atoms with Crippen LogP contribution < -0.4 is 0 Å². The van der Waals surface area contributed by atoms with Gasteiger partial charge in [-0.1, -0.05) is 6.07 Å². The minimum Gasteiger partial charge on any atom is -0.381 e. The van der Waals surface area contributed by atoms with Crippen LogP contribution in [0.15, 0.2) is 55.4 Å². The Balaban J connectivity index is 1.46. The average Bonchev–Trinajstić information content (AvgIpc) is 3.48. The van der Waals surface area contributed by atoms with Crippen LogP contribution in [0, 0.1) is 11.6 Å². The van der Waals surface area contributed by atoms with Gasteiger partial charge in [0.25, 0.3) is 0 Å². The maximum atomic E-state index is 14.8. The molecule has 0 saturated carbocycles. The molecule has 0 saturated heterocycles. The van der Waals surface area contributed by atoms with Crippen LogP contribution in [-0.4, -0.2) is 57.1 Å². The molecule has 1 N–H and O–H groups in total. The second-order valence-corrected chi connectivity index (χ2v) is 8.10. The summed E-state index contributed by atoms with van der Waals surface area (Å²) >= 11 is 0. The van der Waals surface area contributed by atoms with Gasteiger partial charge in [0.2, 0.25) is 0 Å². The van der Waals surface area contributed by atoms with Gasteiger partial charge in [-0.3, -0.25) is 9.88 Å². The standard InChI is InChI=1S/C22H22F2N8O/c1-15(22(33,12-31-14-26-13-27-31)18-3-2-17(23)10-19(18)24)30-8-9-32-20(11-30)28-21(29-32)16-4-6-25-7-5-16/h2-7,10,13-15,33H,8-9,11-12H2,1H3. The second kappa shape index (κ2) is 8.41. The van der Waals surface area contributed by atoms with Crippen LogP contribution in [0.2, 0.25) is 0 Å². The molecule has 11 heteroatoms. The third-order valence-corrected chi connectivity index (χ3v) is 6.14. The molecule has 0 amide bonds. The molecule has 2 unspecified atom stereocenters. The summed E-state index contributed by atoms with van der Waals surface area (Å²) in [6.07, 6.45) is 6.17. The van der Waals surface area contributed by atoms with E-state index in [2.05, 4.69) is 25.1 Å². The van der Waals surface area contributed by atoms with Crippen molar-refractivity contribution in [3.8, 4) is 11.4 Å². The Bertz CT molecular complexity index is 1250. The van der Waals surface area contributed by atoms with Crippen molar-refractivity contribution < 1.29 is 13.9 Å². The summed E-state index contributed by atoms with van der Waals surface area (Å²) in [5.41, 5.74) is -0.847. The molecule has 0 aliphatic carbocycles. The predicted octanol–water partition coefficient (Wildman–Crippen LogP) is 2.00. The number of fused-ring (bicyclic) bond motifs is 1. The van der Waals surface area contributed by atoms with E-state index in [1.807, 2.05) is 28.6 Å². The molecule has 1 aliphatic rings.